The van der Waals surface area contributed by atoms with E-state index in [1.54, 1.807) is 26.0 Å². The Balaban J connectivity index is 2.63. The van der Waals surface area contributed by atoms with Gasteiger partial charge in [-0.25, -0.2) is 0 Å². The lowest BCUT2D eigenvalue weighted by Crippen LogP contribution is -2.37. The second-order valence-electron chi connectivity index (χ2n) is 4.76. The lowest BCUT2D eigenvalue weighted by molar-refractivity contribution is -0.125. The highest BCUT2D eigenvalue weighted by Gasteiger charge is 2.24. The van der Waals surface area contributed by atoms with E-state index >= 15 is 0 Å². The number of nitrogens with zero attached hydrogens (tertiary/aromatic N) is 2. The molecule has 0 aliphatic rings. The highest BCUT2D eigenvalue weighted by atomic mass is 16.2. The first-order chi connectivity index (χ1) is 8.86. The second kappa shape index (κ2) is 6.12. The Morgan fingerprint density at radius 2 is 2.00 bits per heavy atom. The third-order valence-electron chi connectivity index (χ3n) is 2.61. The van der Waals surface area contributed by atoms with Crippen LogP contribution < -0.4 is 16.4 Å². The molecule has 0 bridgehead atoms. The van der Waals surface area contributed by atoms with E-state index in [1.807, 2.05) is 6.92 Å². The van der Waals surface area contributed by atoms with E-state index in [1.165, 1.54) is 0 Å². The van der Waals surface area contributed by atoms with Gasteiger partial charge in [0.05, 0.1) is 5.41 Å². The van der Waals surface area contributed by atoms with Crippen molar-refractivity contribution in [1.82, 2.24) is 15.5 Å². The Morgan fingerprint density at radius 3 is 2.47 bits per heavy atom. The predicted molar refractivity (Wildman–Crippen MR) is 71.5 cm³/mol. The average Bonchev–Trinajstić information content (AvgIpc) is 2.37. The normalized spacial score (nSPS) is 10.9. The van der Waals surface area contributed by atoms with Gasteiger partial charge in [-0.3, -0.25) is 9.59 Å². The van der Waals surface area contributed by atoms with E-state index in [0.29, 0.717) is 18.9 Å². The first-order valence-electron chi connectivity index (χ1n) is 6.02. The lowest BCUT2D eigenvalue weighted by atomic mass is 9.93. The van der Waals surface area contributed by atoms with Crippen molar-refractivity contribution < 1.29 is 9.59 Å². The zero-order valence-corrected chi connectivity index (χ0v) is 11.4. The fourth-order valence-electron chi connectivity index (χ4n) is 1.20. The van der Waals surface area contributed by atoms with Gasteiger partial charge >= 0.3 is 0 Å². The van der Waals surface area contributed by atoms with Gasteiger partial charge in [-0.15, -0.1) is 10.2 Å². The number of carbonyl (C=O) groups is 2. The summed E-state index contributed by atoms with van der Waals surface area (Å²) in [6, 6.07) is 3.20. The molecule has 0 saturated carbocycles. The van der Waals surface area contributed by atoms with E-state index < -0.39 is 11.3 Å². The lowest BCUT2D eigenvalue weighted by Gasteiger charge is -2.20. The van der Waals surface area contributed by atoms with Gasteiger partial charge in [-0.1, -0.05) is 0 Å². The Morgan fingerprint density at radius 1 is 1.32 bits per heavy atom. The number of nitrogens with one attached hydrogen (secondary N) is 2. The topological polar surface area (TPSA) is 110 Å². The number of aromatic nitrogens is 2. The van der Waals surface area contributed by atoms with Crippen LogP contribution in [0.4, 0.5) is 5.82 Å². The highest BCUT2D eigenvalue weighted by Crippen LogP contribution is 2.14. The molecule has 0 saturated heterocycles. The van der Waals surface area contributed by atoms with Crippen molar-refractivity contribution in [3.05, 3.63) is 17.8 Å². The Hall–Kier alpha value is -2.18. The van der Waals surface area contributed by atoms with Crippen LogP contribution in [0.25, 0.3) is 0 Å². The molecule has 0 spiro atoms. The molecule has 2 amide bonds. The molecule has 7 heteroatoms. The molecular formula is C12H19N5O2. The number of hydrogen-bond donors (Lipinski definition) is 3. The van der Waals surface area contributed by atoms with Crippen LogP contribution in [0.15, 0.2) is 12.1 Å². The fourth-order valence-corrected chi connectivity index (χ4v) is 1.20. The molecule has 0 unspecified atom stereocenters. The molecular weight excluding hydrogens is 246 g/mol. The van der Waals surface area contributed by atoms with Gasteiger partial charge in [0, 0.05) is 13.1 Å². The maximum atomic E-state index is 11.5. The summed E-state index contributed by atoms with van der Waals surface area (Å²) in [7, 11) is 0. The summed E-state index contributed by atoms with van der Waals surface area (Å²) < 4.78 is 0. The molecule has 0 fully saturated rings. The molecule has 4 N–H and O–H groups in total. The van der Waals surface area contributed by atoms with Crippen molar-refractivity contribution in [3.8, 4) is 0 Å². The summed E-state index contributed by atoms with van der Waals surface area (Å²) in [5.41, 5.74) is 4.83. The number of hydrogen-bond acceptors (Lipinski definition) is 5. The number of nitrogens with two attached hydrogens (primary N) is 1. The number of rotatable bonds is 6. The van der Waals surface area contributed by atoms with Gasteiger partial charge < -0.3 is 16.4 Å². The maximum absolute atomic E-state index is 11.5. The largest absolute Gasteiger partial charge is 0.369 e. The summed E-state index contributed by atoms with van der Waals surface area (Å²) in [6.07, 6.45) is 0. The van der Waals surface area contributed by atoms with E-state index in [2.05, 4.69) is 20.8 Å². The molecule has 1 rings (SSSR count). The van der Waals surface area contributed by atoms with Crippen LogP contribution in [-0.4, -0.2) is 35.1 Å². The first-order valence-corrected chi connectivity index (χ1v) is 6.02. The minimum Gasteiger partial charge on any atom is -0.369 e. The molecule has 0 aliphatic carbocycles. The fraction of sp³-hybridized carbons (Fsp3) is 0.500. The van der Waals surface area contributed by atoms with Crippen LogP contribution in [0.1, 0.15) is 31.3 Å². The highest BCUT2D eigenvalue weighted by molar-refractivity contribution is 5.92. The molecule has 1 aromatic rings. The van der Waals surface area contributed by atoms with Crippen LogP contribution in [0, 0.1) is 5.41 Å². The summed E-state index contributed by atoms with van der Waals surface area (Å²) in [5, 5.41) is 13.3. The monoisotopic (exact) mass is 265 g/mol. The van der Waals surface area contributed by atoms with Crippen molar-refractivity contribution in [2.45, 2.75) is 20.8 Å². The Labute approximate surface area is 112 Å². The quantitative estimate of drug-likeness (QED) is 0.678. The maximum Gasteiger partial charge on any atom is 0.271 e. The van der Waals surface area contributed by atoms with Crippen LogP contribution in [0.5, 0.6) is 0 Å². The molecule has 7 nitrogen and oxygen atoms in total. The van der Waals surface area contributed by atoms with Crippen molar-refractivity contribution in [1.29, 1.82) is 0 Å². The summed E-state index contributed by atoms with van der Waals surface area (Å²) in [5.74, 6) is -0.173. The van der Waals surface area contributed by atoms with Crippen molar-refractivity contribution in [2.24, 2.45) is 11.1 Å². The first kappa shape index (κ1) is 14.9. The number of amides is 2. The van der Waals surface area contributed by atoms with Crippen LogP contribution >= 0.6 is 0 Å². The summed E-state index contributed by atoms with van der Waals surface area (Å²) >= 11 is 0. The SMILES string of the molecule is CCNC(=O)c1ccc(NCC(C)(C)C(N)=O)nn1. The summed E-state index contributed by atoms with van der Waals surface area (Å²) in [6.45, 7) is 6.18. The third-order valence-corrected chi connectivity index (χ3v) is 2.61. The van der Waals surface area contributed by atoms with Gasteiger partial charge in [-0.05, 0) is 32.9 Å². The zero-order valence-electron chi connectivity index (χ0n) is 11.4. The standard InChI is InChI=1S/C12H19N5O2/c1-4-14-10(18)8-5-6-9(17-16-8)15-7-12(2,3)11(13)19/h5-6H,4,7H2,1-3H3,(H2,13,19)(H,14,18)(H,15,17). The molecule has 1 heterocycles. The third kappa shape index (κ3) is 4.20. The van der Waals surface area contributed by atoms with Gasteiger partial charge in [0.15, 0.2) is 5.69 Å². The molecule has 104 valence electrons. The van der Waals surface area contributed by atoms with E-state index in [0.717, 1.165) is 0 Å². The Bertz CT molecular complexity index is 456. The van der Waals surface area contributed by atoms with E-state index in [-0.39, 0.29) is 11.6 Å². The Kier molecular flexibility index (Phi) is 4.80. The minimum atomic E-state index is -0.681. The predicted octanol–water partition coefficient (Wildman–Crippen LogP) is 0.150. The van der Waals surface area contributed by atoms with Gasteiger partial charge in [0.1, 0.15) is 5.82 Å². The van der Waals surface area contributed by atoms with Gasteiger partial charge in [0.2, 0.25) is 5.91 Å². The van der Waals surface area contributed by atoms with Crippen molar-refractivity contribution in [2.75, 3.05) is 18.4 Å². The van der Waals surface area contributed by atoms with Gasteiger partial charge in [0.25, 0.3) is 5.91 Å². The van der Waals surface area contributed by atoms with Crippen LogP contribution in [0.2, 0.25) is 0 Å². The van der Waals surface area contributed by atoms with Crippen molar-refractivity contribution in [3.63, 3.8) is 0 Å². The minimum absolute atomic E-state index is 0.251. The molecule has 0 radical (unpaired) electrons. The van der Waals surface area contributed by atoms with Crippen molar-refractivity contribution >= 4 is 17.6 Å². The van der Waals surface area contributed by atoms with Crippen LogP contribution in [-0.2, 0) is 4.79 Å². The van der Waals surface area contributed by atoms with Crippen LogP contribution in [0.3, 0.4) is 0 Å². The summed E-state index contributed by atoms with van der Waals surface area (Å²) in [4.78, 5) is 22.6. The number of carbonyl (C=O) groups excluding carboxylic acids is 2. The average molecular weight is 265 g/mol. The number of anilines is 1. The molecule has 1 aromatic heterocycles. The van der Waals surface area contributed by atoms with E-state index in [9.17, 15) is 9.59 Å². The molecule has 19 heavy (non-hydrogen) atoms. The molecule has 0 aliphatic heterocycles. The zero-order chi connectivity index (χ0) is 14.5. The second-order valence-corrected chi connectivity index (χ2v) is 4.76. The molecule has 0 aromatic carbocycles. The van der Waals surface area contributed by atoms with E-state index in [4.69, 9.17) is 5.73 Å². The number of primary amides is 1. The van der Waals surface area contributed by atoms with Gasteiger partial charge in [-0.2, -0.15) is 0 Å². The smallest absolute Gasteiger partial charge is 0.271 e. The molecule has 0 atom stereocenters.